The summed E-state index contributed by atoms with van der Waals surface area (Å²) in [6.45, 7) is 3.44. The Hall–Kier alpha value is -2.37. The molecule has 0 aliphatic heterocycles. The lowest BCUT2D eigenvalue weighted by Crippen LogP contribution is -2.40. The molecule has 0 saturated carbocycles. The first kappa shape index (κ1) is 20.7. The average Bonchev–Trinajstić information content (AvgIpc) is 2.56. The van der Waals surface area contributed by atoms with Crippen LogP contribution in [-0.2, 0) is 9.59 Å². The van der Waals surface area contributed by atoms with Gasteiger partial charge in [0.2, 0.25) is 0 Å². The molecule has 25 heavy (non-hydrogen) atoms. The minimum Gasteiger partial charge on any atom is -0.480 e. The topological polar surface area (TPSA) is 92.7 Å². The number of esters is 1. The summed E-state index contributed by atoms with van der Waals surface area (Å²) in [4.78, 5) is 34.4. The summed E-state index contributed by atoms with van der Waals surface area (Å²) in [5.74, 6) is -1.58. The fourth-order valence-corrected chi connectivity index (χ4v) is 2.47. The maximum Gasteiger partial charge on any atom is 0.326 e. The molecule has 1 aromatic rings. The van der Waals surface area contributed by atoms with Gasteiger partial charge in [0.15, 0.2) is 0 Å². The van der Waals surface area contributed by atoms with Crippen LogP contribution in [0.5, 0.6) is 5.75 Å². The molecule has 0 fully saturated rings. The molecule has 6 heteroatoms. The minimum absolute atomic E-state index is 0.324. The molecule has 0 radical (unpaired) electrons. The Morgan fingerprint density at radius 2 is 1.64 bits per heavy atom. The molecule has 6 nitrogen and oxygen atoms in total. The second-order valence-corrected chi connectivity index (χ2v) is 6.04. The number of unbranched alkanes of at least 4 members (excludes halogenated alkanes) is 5. The molecular weight excluding hydrogens is 322 g/mol. The van der Waals surface area contributed by atoms with Crippen molar-refractivity contribution < 1.29 is 24.2 Å². The Labute approximate surface area is 148 Å². The van der Waals surface area contributed by atoms with Crippen LogP contribution >= 0.6 is 0 Å². The van der Waals surface area contributed by atoms with Crippen LogP contribution in [0.15, 0.2) is 24.3 Å². The third-order valence-corrected chi connectivity index (χ3v) is 3.83. The van der Waals surface area contributed by atoms with E-state index in [1.807, 2.05) is 0 Å². The Balaban J connectivity index is 2.49. The van der Waals surface area contributed by atoms with Gasteiger partial charge in [0.25, 0.3) is 5.91 Å². The van der Waals surface area contributed by atoms with Crippen molar-refractivity contribution in [2.24, 2.45) is 0 Å². The molecule has 138 valence electrons. The highest BCUT2D eigenvalue weighted by Gasteiger charge is 2.20. The Morgan fingerprint density at radius 1 is 1.04 bits per heavy atom. The van der Waals surface area contributed by atoms with Crippen molar-refractivity contribution in [3.8, 4) is 5.75 Å². The SMILES string of the molecule is CCCCCCCC[C@@H](NC(=O)c1ccc(OC(C)=O)cc1)C(=O)O. The van der Waals surface area contributed by atoms with E-state index in [1.165, 1.54) is 44.0 Å². The first-order valence-corrected chi connectivity index (χ1v) is 8.76. The van der Waals surface area contributed by atoms with Crippen molar-refractivity contribution >= 4 is 17.8 Å². The number of carboxylic acid groups (broad SMARTS) is 1. The van der Waals surface area contributed by atoms with Crippen LogP contribution in [0.4, 0.5) is 0 Å². The van der Waals surface area contributed by atoms with Crippen LogP contribution in [0.3, 0.4) is 0 Å². The van der Waals surface area contributed by atoms with Gasteiger partial charge in [-0.3, -0.25) is 9.59 Å². The minimum atomic E-state index is -1.03. The fraction of sp³-hybridized carbons (Fsp3) is 0.526. The number of nitrogens with one attached hydrogen (secondary N) is 1. The van der Waals surface area contributed by atoms with E-state index in [-0.39, 0.29) is 0 Å². The number of ether oxygens (including phenoxy) is 1. The molecule has 1 atom stereocenters. The van der Waals surface area contributed by atoms with E-state index in [1.54, 1.807) is 0 Å². The number of benzene rings is 1. The zero-order valence-electron chi connectivity index (χ0n) is 14.9. The molecule has 0 aliphatic carbocycles. The van der Waals surface area contributed by atoms with Gasteiger partial charge in [-0.1, -0.05) is 45.4 Å². The van der Waals surface area contributed by atoms with Gasteiger partial charge in [-0.2, -0.15) is 0 Å². The predicted octanol–water partition coefficient (Wildman–Crippen LogP) is 3.55. The summed E-state index contributed by atoms with van der Waals surface area (Å²) in [6, 6.07) is 5.10. The number of carbonyl (C=O) groups is 3. The maximum atomic E-state index is 12.2. The van der Waals surface area contributed by atoms with Crippen LogP contribution in [0.25, 0.3) is 0 Å². The van der Waals surface area contributed by atoms with E-state index >= 15 is 0 Å². The fourth-order valence-electron chi connectivity index (χ4n) is 2.47. The number of rotatable bonds is 11. The summed E-state index contributed by atoms with van der Waals surface area (Å²) in [6.07, 6.45) is 6.77. The second-order valence-electron chi connectivity index (χ2n) is 6.04. The van der Waals surface area contributed by atoms with Gasteiger partial charge in [0, 0.05) is 12.5 Å². The largest absolute Gasteiger partial charge is 0.480 e. The maximum absolute atomic E-state index is 12.2. The third kappa shape index (κ3) is 8.33. The Morgan fingerprint density at radius 3 is 2.20 bits per heavy atom. The Kier molecular flexibility index (Phi) is 9.29. The summed E-state index contributed by atoms with van der Waals surface area (Å²) < 4.78 is 4.90. The lowest BCUT2D eigenvalue weighted by atomic mass is 10.1. The first-order chi connectivity index (χ1) is 11.9. The van der Waals surface area contributed by atoms with Crippen LogP contribution in [0.2, 0.25) is 0 Å². The van der Waals surface area contributed by atoms with Gasteiger partial charge in [-0.25, -0.2) is 4.79 Å². The predicted molar refractivity (Wildman–Crippen MR) is 94.6 cm³/mol. The van der Waals surface area contributed by atoms with E-state index in [2.05, 4.69) is 12.2 Å². The van der Waals surface area contributed by atoms with Crippen molar-refractivity contribution in [1.29, 1.82) is 0 Å². The number of aliphatic carboxylic acids is 1. The molecule has 1 aromatic carbocycles. The van der Waals surface area contributed by atoms with Crippen molar-refractivity contribution in [3.05, 3.63) is 29.8 Å². The zero-order chi connectivity index (χ0) is 18.7. The summed E-state index contributed by atoms with van der Waals surface area (Å²) in [5.41, 5.74) is 0.324. The number of carboxylic acids is 1. The number of carbonyl (C=O) groups excluding carboxylic acids is 2. The molecule has 1 amide bonds. The highest BCUT2D eigenvalue weighted by molar-refractivity contribution is 5.96. The number of amides is 1. The van der Waals surface area contributed by atoms with Crippen molar-refractivity contribution in [3.63, 3.8) is 0 Å². The molecule has 0 spiro atoms. The normalized spacial score (nSPS) is 11.6. The molecule has 1 rings (SSSR count). The van der Waals surface area contributed by atoms with Gasteiger partial charge in [0.1, 0.15) is 11.8 Å². The van der Waals surface area contributed by atoms with E-state index in [4.69, 9.17) is 4.74 Å². The molecular formula is C19H27NO5. The van der Waals surface area contributed by atoms with Crippen molar-refractivity contribution in [1.82, 2.24) is 5.32 Å². The molecule has 0 aromatic heterocycles. The molecule has 2 N–H and O–H groups in total. The monoisotopic (exact) mass is 349 g/mol. The summed E-state index contributed by atoms with van der Waals surface area (Å²) >= 11 is 0. The molecule has 0 aliphatic rings. The van der Waals surface area contributed by atoms with E-state index in [0.717, 1.165) is 25.7 Å². The lowest BCUT2D eigenvalue weighted by Gasteiger charge is -2.14. The Bertz CT molecular complexity index is 568. The quantitative estimate of drug-likeness (QED) is 0.362. The molecule has 0 unspecified atom stereocenters. The summed E-state index contributed by atoms with van der Waals surface area (Å²) in [5, 5.41) is 11.8. The van der Waals surface area contributed by atoms with E-state index in [9.17, 15) is 19.5 Å². The number of hydrogen-bond acceptors (Lipinski definition) is 4. The second kappa shape index (κ2) is 11.2. The lowest BCUT2D eigenvalue weighted by molar-refractivity contribution is -0.139. The van der Waals surface area contributed by atoms with Crippen LogP contribution < -0.4 is 10.1 Å². The molecule has 0 saturated heterocycles. The smallest absolute Gasteiger partial charge is 0.326 e. The van der Waals surface area contributed by atoms with Crippen LogP contribution in [-0.4, -0.2) is 29.0 Å². The average molecular weight is 349 g/mol. The van der Waals surface area contributed by atoms with Gasteiger partial charge in [-0.05, 0) is 30.7 Å². The highest BCUT2D eigenvalue weighted by atomic mass is 16.5. The van der Waals surface area contributed by atoms with Crippen molar-refractivity contribution in [2.75, 3.05) is 0 Å². The third-order valence-electron chi connectivity index (χ3n) is 3.83. The van der Waals surface area contributed by atoms with E-state index < -0.39 is 23.9 Å². The van der Waals surface area contributed by atoms with Crippen molar-refractivity contribution in [2.45, 2.75) is 64.8 Å². The molecule has 0 bridgehead atoms. The zero-order valence-corrected chi connectivity index (χ0v) is 14.9. The highest BCUT2D eigenvalue weighted by Crippen LogP contribution is 2.13. The standard InChI is InChI=1S/C19H27NO5/c1-3-4-5-6-7-8-9-17(19(23)24)20-18(22)15-10-12-16(13-11-15)25-14(2)21/h10-13,17H,3-9H2,1-2H3,(H,20,22)(H,23,24)/t17-/m1/s1. The van der Waals surface area contributed by atoms with Crippen LogP contribution in [0, 0.1) is 0 Å². The van der Waals surface area contributed by atoms with Gasteiger partial charge in [-0.15, -0.1) is 0 Å². The summed E-state index contributed by atoms with van der Waals surface area (Å²) in [7, 11) is 0. The van der Waals surface area contributed by atoms with Gasteiger partial charge in [0.05, 0.1) is 0 Å². The van der Waals surface area contributed by atoms with Gasteiger partial charge >= 0.3 is 11.9 Å². The van der Waals surface area contributed by atoms with Crippen LogP contribution in [0.1, 0.15) is 69.2 Å². The first-order valence-electron chi connectivity index (χ1n) is 8.76. The van der Waals surface area contributed by atoms with E-state index in [0.29, 0.717) is 17.7 Å². The molecule has 0 heterocycles. The number of hydrogen-bond donors (Lipinski definition) is 2. The van der Waals surface area contributed by atoms with Gasteiger partial charge < -0.3 is 15.2 Å².